The second-order valence-corrected chi connectivity index (χ2v) is 3.56. The number of rotatable bonds is 1. The van der Waals surface area contributed by atoms with Crippen LogP contribution < -0.4 is 0 Å². The summed E-state index contributed by atoms with van der Waals surface area (Å²) >= 11 is 5.80. The van der Waals surface area contributed by atoms with Gasteiger partial charge >= 0.3 is 0 Å². The Bertz CT molecular complexity index is 302. The fourth-order valence-corrected chi connectivity index (χ4v) is 1.58. The number of hydrogen-bond donors (Lipinski definition) is 0. The van der Waals surface area contributed by atoms with Crippen molar-refractivity contribution in [1.82, 2.24) is 0 Å². The molecule has 2 rings (SSSR count). The second kappa shape index (κ2) is 3.95. The fraction of sp³-hybridized carbons (Fsp3) is 0.273. The summed E-state index contributed by atoms with van der Waals surface area (Å²) in [6.45, 7) is 1.52. The van der Waals surface area contributed by atoms with E-state index < -0.39 is 0 Å². The summed E-state index contributed by atoms with van der Waals surface area (Å²) in [4.78, 5) is 0. The third-order valence-electron chi connectivity index (χ3n) is 2.18. The highest BCUT2D eigenvalue weighted by Gasteiger charge is 2.10. The zero-order valence-electron chi connectivity index (χ0n) is 7.24. The van der Waals surface area contributed by atoms with Crippen molar-refractivity contribution in [1.29, 1.82) is 0 Å². The molecule has 68 valence electrons. The molecular weight excluding hydrogens is 184 g/mol. The maximum absolute atomic E-state index is 5.80. The highest BCUT2D eigenvalue weighted by atomic mass is 35.5. The summed E-state index contributed by atoms with van der Waals surface area (Å²) in [5.41, 5.74) is 1.26. The molecule has 0 spiro atoms. The summed E-state index contributed by atoms with van der Waals surface area (Å²) in [5, 5.41) is 0.782. The van der Waals surface area contributed by atoms with Crippen molar-refractivity contribution in [2.45, 2.75) is 5.92 Å². The quantitative estimate of drug-likeness (QED) is 0.625. The van der Waals surface area contributed by atoms with Crippen LogP contribution >= 0.6 is 11.6 Å². The van der Waals surface area contributed by atoms with E-state index in [1.807, 2.05) is 24.3 Å². The molecule has 1 atom stereocenters. The van der Waals surface area contributed by atoms with Gasteiger partial charge < -0.3 is 4.74 Å². The summed E-state index contributed by atoms with van der Waals surface area (Å²) in [6, 6.07) is 7.93. The van der Waals surface area contributed by atoms with Gasteiger partial charge in [0.1, 0.15) is 0 Å². The van der Waals surface area contributed by atoms with E-state index in [0.29, 0.717) is 5.92 Å². The van der Waals surface area contributed by atoms with Gasteiger partial charge in [0.25, 0.3) is 0 Å². The Kier molecular flexibility index (Phi) is 2.67. The Hall–Kier alpha value is -0.790. The summed E-state index contributed by atoms with van der Waals surface area (Å²) < 4.78 is 5.35. The van der Waals surface area contributed by atoms with Crippen molar-refractivity contribution in [2.75, 3.05) is 13.2 Å². The lowest BCUT2D eigenvalue weighted by atomic mass is 9.99. The molecular formula is C11H11ClO. The van der Waals surface area contributed by atoms with Crippen molar-refractivity contribution in [2.24, 2.45) is 0 Å². The van der Waals surface area contributed by atoms with Gasteiger partial charge in [-0.2, -0.15) is 0 Å². The topological polar surface area (TPSA) is 9.23 Å². The van der Waals surface area contributed by atoms with E-state index in [4.69, 9.17) is 16.3 Å². The Morgan fingerprint density at radius 2 is 2.00 bits per heavy atom. The minimum absolute atomic E-state index is 0.394. The van der Waals surface area contributed by atoms with E-state index in [-0.39, 0.29) is 0 Å². The van der Waals surface area contributed by atoms with Gasteiger partial charge in [0.2, 0.25) is 0 Å². The monoisotopic (exact) mass is 194 g/mol. The summed E-state index contributed by atoms with van der Waals surface area (Å²) in [5.74, 6) is 0.394. The third kappa shape index (κ3) is 2.11. The molecule has 0 radical (unpaired) electrons. The van der Waals surface area contributed by atoms with Crippen molar-refractivity contribution in [3.05, 3.63) is 47.0 Å². The zero-order chi connectivity index (χ0) is 9.10. The average molecular weight is 195 g/mol. The molecule has 0 aromatic heterocycles. The van der Waals surface area contributed by atoms with E-state index in [1.54, 1.807) is 0 Å². The van der Waals surface area contributed by atoms with Gasteiger partial charge in [0.05, 0.1) is 13.2 Å². The van der Waals surface area contributed by atoms with Gasteiger partial charge in [-0.25, -0.2) is 0 Å². The molecule has 1 aromatic rings. The second-order valence-electron chi connectivity index (χ2n) is 3.12. The van der Waals surface area contributed by atoms with Crippen LogP contribution in [-0.4, -0.2) is 13.2 Å². The lowest BCUT2D eigenvalue weighted by Gasteiger charge is -2.16. The van der Waals surface area contributed by atoms with Gasteiger partial charge in [0.15, 0.2) is 0 Å². The molecule has 0 fully saturated rings. The Labute approximate surface area is 83.0 Å². The maximum Gasteiger partial charge on any atom is 0.0648 e. The maximum atomic E-state index is 5.80. The third-order valence-corrected chi connectivity index (χ3v) is 2.43. The molecule has 1 nitrogen and oxygen atoms in total. The predicted octanol–water partition coefficient (Wildman–Crippen LogP) is 3.01. The molecule has 1 aromatic carbocycles. The van der Waals surface area contributed by atoms with E-state index in [0.717, 1.165) is 18.2 Å². The van der Waals surface area contributed by atoms with Gasteiger partial charge in [0, 0.05) is 10.9 Å². The normalized spacial score (nSPS) is 21.8. The molecule has 0 amide bonds. The molecule has 2 heteroatoms. The van der Waals surface area contributed by atoms with E-state index >= 15 is 0 Å². The number of halogens is 1. The largest absolute Gasteiger partial charge is 0.376 e. The van der Waals surface area contributed by atoms with Gasteiger partial charge in [-0.05, 0) is 17.7 Å². The Morgan fingerprint density at radius 1 is 1.23 bits per heavy atom. The van der Waals surface area contributed by atoms with Crippen molar-refractivity contribution < 1.29 is 4.74 Å². The van der Waals surface area contributed by atoms with Crippen LogP contribution in [0.15, 0.2) is 36.4 Å². The van der Waals surface area contributed by atoms with Crippen molar-refractivity contribution in [3.63, 3.8) is 0 Å². The molecule has 0 saturated heterocycles. The number of hydrogen-bond acceptors (Lipinski definition) is 1. The summed E-state index contributed by atoms with van der Waals surface area (Å²) in [7, 11) is 0. The predicted molar refractivity (Wildman–Crippen MR) is 54.2 cm³/mol. The lowest BCUT2D eigenvalue weighted by Crippen LogP contribution is -2.10. The zero-order valence-corrected chi connectivity index (χ0v) is 8.00. The molecule has 0 N–H and O–H groups in total. The van der Waals surface area contributed by atoms with Crippen molar-refractivity contribution >= 4 is 11.6 Å². The van der Waals surface area contributed by atoms with Crippen LogP contribution in [0, 0.1) is 0 Å². The molecule has 0 bridgehead atoms. The van der Waals surface area contributed by atoms with Gasteiger partial charge in [-0.1, -0.05) is 35.9 Å². The standard InChI is InChI=1S/C11H11ClO/c12-11-5-3-9(4-6-11)10-2-1-7-13-8-10/h1-6,10H,7-8H2/t10-/m1/s1. The summed E-state index contributed by atoms with van der Waals surface area (Å²) in [6.07, 6.45) is 4.25. The molecule has 0 saturated carbocycles. The van der Waals surface area contributed by atoms with Crippen LogP contribution in [0.25, 0.3) is 0 Å². The lowest BCUT2D eigenvalue weighted by molar-refractivity contribution is 0.146. The van der Waals surface area contributed by atoms with Crippen LogP contribution in [0.2, 0.25) is 5.02 Å². The van der Waals surface area contributed by atoms with Crippen LogP contribution in [0.5, 0.6) is 0 Å². The Morgan fingerprint density at radius 3 is 2.62 bits per heavy atom. The first kappa shape index (κ1) is 8.79. The number of benzene rings is 1. The first-order chi connectivity index (χ1) is 6.36. The molecule has 1 heterocycles. The van der Waals surface area contributed by atoms with E-state index in [9.17, 15) is 0 Å². The highest BCUT2D eigenvalue weighted by molar-refractivity contribution is 6.30. The van der Waals surface area contributed by atoms with E-state index in [2.05, 4.69) is 12.2 Å². The molecule has 1 aliphatic heterocycles. The number of ether oxygens (including phenoxy) is 1. The van der Waals surface area contributed by atoms with Crippen LogP contribution in [-0.2, 0) is 4.74 Å². The van der Waals surface area contributed by atoms with Gasteiger partial charge in [-0.15, -0.1) is 0 Å². The molecule has 0 unspecified atom stereocenters. The Balaban J connectivity index is 2.19. The van der Waals surface area contributed by atoms with Crippen LogP contribution in [0.3, 0.4) is 0 Å². The van der Waals surface area contributed by atoms with Crippen molar-refractivity contribution in [3.8, 4) is 0 Å². The molecule has 0 aliphatic carbocycles. The molecule has 1 aliphatic rings. The fourth-order valence-electron chi connectivity index (χ4n) is 1.46. The smallest absolute Gasteiger partial charge is 0.0648 e. The van der Waals surface area contributed by atoms with Crippen LogP contribution in [0.1, 0.15) is 11.5 Å². The average Bonchev–Trinajstić information content (AvgIpc) is 2.20. The van der Waals surface area contributed by atoms with Gasteiger partial charge in [-0.3, -0.25) is 0 Å². The van der Waals surface area contributed by atoms with Crippen LogP contribution in [0.4, 0.5) is 0 Å². The first-order valence-corrected chi connectivity index (χ1v) is 4.74. The first-order valence-electron chi connectivity index (χ1n) is 4.36. The SMILES string of the molecule is Clc1ccc([C@@H]2C=CCOC2)cc1. The van der Waals surface area contributed by atoms with E-state index in [1.165, 1.54) is 5.56 Å². The highest BCUT2D eigenvalue weighted by Crippen LogP contribution is 2.21. The minimum Gasteiger partial charge on any atom is -0.376 e. The molecule has 13 heavy (non-hydrogen) atoms. The minimum atomic E-state index is 0.394.